The number of benzene rings is 1. The predicted molar refractivity (Wildman–Crippen MR) is 89.1 cm³/mol. The highest BCUT2D eigenvalue weighted by atomic mass is 32.1. The number of fused-ring (bicyclic) bond motifs is 1. The van der Waals surface area contributed by atoms with Crippen LogP contribution in [0.5, 0.6) is 0 Å². The van der Waals surface area contributed by atoms with Gasteiger partial charge in [-0.2, -0.15) is 11.3 Å². The summed E-state index contributed by atoms with van der Waals surface area (Å²) in [6, 6.07) is 7.53. The predicted octanol–water partition coefficient (Wildman–Crippen LogP) is 3.58. The van der Waals surface area contributed by atoms with Gasteiger partial charge in [-0.3, -0.25) is 4.79 Å². The van der Waals surface area contributed by atoms with Gasteiger partial charge >= 0.3 is 0 Å². The molecule has 3 rings (SSSR count). The number of carbonyl (C=O) groups excluding carboxylic acids is 1. The quantitative estimate of drug-likeness (QED) is 0.742. The summed E-state index contributed by atoms with van der Waals surface area (Å²) in [6.07, 6.45) is 0. The molecule has 0 N–H and O–H groups in total. The Morgan fingerprint density at radius 2 is 1.86 bits per heavy atom. The Kier molecular flexibility index (Phi) is 3.90. The van der Waals surface area contributed by atoms with E-state index in [0.717, 1.165) is 28.0 Å². The van der Waals surface area contributed by atoms with Gasteiger partial charge in [0, 0.05) is 19.2 Å². The number of aryl methyl sites for hydroxylation is 2. The Morgan fingerprint density at radius 1 is 1.14 bits per heavy atom. The van der Waals surface area contributed by atoms with Crippen molar-refractivity contribution in [2.45, 2.75) is 20.4 Å². The lowest BCUT2D eigenvalue weighted by molar-refractivity contribution is 0.0785. The maximum absolute atomic E-state index is 12.5. The van der Waals surface area contributed by atoms with E-state index in [2.05, 4.69) is 15.3 Å². The normalized spacial score (nSPS) is 10.9. The van der Waals surface area contributed by atoms with Gasteiger partial charge in [-0.25, -0.2) is 9.97 Å². The van der Waals surface area contributed by atoms with Crippen molar-refractivity contribution < 1.29 is 4.79 Å². The molecule has 0 aliphatic rings. The smallest absolute Gasteiger partial charge is 0.253 e. The fourth-order valence-corrected chi connectivity index (χ4v) is 2.97. The van der Waals surface area contributed by atoms with E-state index in [0.29, 0.717) is 12.1 Å². The highest BCUT2D eigenvalue weighted by Crippen LogP contribution is 2.17. The second kappa shape index (κ2) is 5.85. The summed E-state index contributed by atoms with van der Waals surface area (Å²) in [5.41, 5.74) is 5.18. The summed E-state index contributed by atoms with van der Waals surface area (Å²) in [7, 11) is 1.82. The van der Waals surface area contributed by atoms with E-state index in [1.54, 1.807) is 16.2 Å². The molecule has 0 unspecified atom stereocenters. The standard InChI is InChI=1S/C17H17N3OS/c1-11-12(2)19-16-8-14(4-5-15(16)18-11)17(21)20(3)9-13-6-7-22-10-13/h4-8,10H,9H2,1-3H3. The van der Waals surface area contributed by atoms with Crippen LogP contribution in [0, 0.1) is 13.8 Å². The van der Waals surface area contributed by atoms with E-state index in [9.17, 15) is 4.79 Å². The van der Waals surface area contributed by atoms with Gasteiger partial charge in [0.15, 0.2) is 0 Å². The number of carbonyl (C=O) groups is 1. The van der Waals surface area contributed by atoms with Crippen LogP contribution in [0.1, 0.15) is 27.3 Å². The van der Waals surface area contributed by atoms with Crippen LogP contribution >= 0.6 is 11.3 Å². The Balaban J connectivity index is 1.89. The molecule has 0 aliphatic heterocycles. The van der Waals surface area contributed by atoms with Gasteiger partial charge in [0.2, 0.25) is 0 Å². The molecule has 0 saturated carbocycles. The average molecular weight is 311 g/mol. The van der Waals surface area contributed by atoms with Crippen molar-refractivity contribution in [2.75, 3.05) is 7.05 Å². The zero-order valence-corrected chi connectivity index (χ0v) is 13.6. The van der Waals surface area contributed by atoms with E-state index in [1.807, 2.05) is 50.5 Å². The molecule has 2 aromatic heterocycles. The largest absolute Gasteiger partial charge is 0.337 e. The first-order valence-electron chi connectivity index (χ1n) is 7.06. The minimum atomic E-state index is -0.00636. The lowest BCUT2D eigenvalue weighted by atomic mass is 10.1. The number of hydrogen-bond acceptors (Lipinski definition) is 4. The molecular formula is C17H17N3OS. The van der Waals surface area contributed by atoms with Crippen molar-refractivity contribution in [3.63, 3.8) is 0 Å². The monoisotopic (exact) mass is 311 g/mol. The second-order valence-corrected chi connectivity index (χ2v) is 6.17. The lowest BCUT2D eigenvalue weighted by Crippen LogP contribution is -2.25. The molecule has 0 saturated heterocycles. The van der Waals surface area contributed by atoms with Crippen molar-refractivity contribution in [1.29, 1.82) is 0 Å². The van der Waals surface area contributed by atoms with Crippen LogP contribution in [-0.2, 0) is 6.54 Å². The van der Waals surface area contributed by atoms with Crippen LogP contribution < -0.4 is 0 Å². The van der Waals surface area contributed by atoms with Crippen LogP contribution in [0.3, 0.4) is 0 Å². The molecule has 3 aromatic rings. The topological polar surface area (TPSA) is 46.1 Å². The minimum absolute atomic E-state index is 0.00636. The van der Waals surface area contributed by atoms with Gasteiger partial charge in [-0.15, -0.1) is 0 Å². The van der Waals surface area contributed by atoms with Gasteiger partial charge in [-0.1, -0.05) is 0 Å². The van der Waals surface area contributed by atoms with E-state index >= 15 is 0 Å². The van der Waals surface area contributed by atoms with Crippen molar-refractivity contribution in [3.05, 3.63) is 57.5 Å². The van der Waals surface area contributed by atoms with E-state index in [4.69, 9.17) is 0 Å². The molecule has 2 heterocycles. The van der Waals surface area contributed by atoms with Crippen molar-refractivity contribution in [1.82, 2.24) is 14.9 Å². The number of aromatic nitrogens is 2. The molecule has 0 spiro atoms. The van der Waals surface area contributed by atoms with Crippen LogP contribution in [0.15, 0.2) is 35.0 Å². The Hall–Kier alpha value is -2.27. The number of rotatable bonds is 3. The molecule has 0 bridgehead atoms. The van der Waals surface area contributed by atoms with E-state index in [1.165, 1.54) is 0 Å². The lowest BCUT2D eigenvalue weighted by Gasteiger charge is -2.16. The number of amides is 1. The zero-order chi connectivity index (χ0) is 15.7. The van der Waals surface area contributed by atoms with Crippen molar-refractivity contribution in [2.24, 2.45) is 0 Å². The second-order valence-electron chi connectivity index (χ2n) is 5.39. The summed E-state index contributed by atoms with van der Waals surface area (Å²) in [6.45, 7) is 4.48. The van der Waals surface area contributed by atoms with Crippen molar-refractivity contribution in [3.8, 4) is 0 Å². The van der Waals surface area contributed by atoms with Crippen LogP contribution in [0.25, 0.3) is 11.0 Å². The molecule has 0 aliphatic carbocycles. The molecule has 0 fully saturated rings. The highest BCUT2D eigenvalue weighted by molar-refractivity contribution is 7.07. The summed E-state index contributed by atoms with van der Waals surface area (Å²) >= 11 is 1.64. The zero-order valence-electron chi connectivity index (χ0n) is 12.8. The highest BCUT2D eigenvalue weighted by Gasteiger charge is 2.13. The summed E-state index contributed by atoms with van der Waals surface area (Å²) in [5, 5.41) is 4.08. The Bertz CT molecular complexity index is 827. The molecule has 1 amide bonds. The van der Waals surface area contributed by atoms with Gasteiger partial charge < -0.3 is 4.90 Å². The molecule has 0 radical (unpaired) electrons. The minimum Gasteiger partial charge on any atom is -0.337 e. The fraction of sp³-hybridized carbons (Fsp3) is 0.235. The first-order chi connectivity index (χ1) is 10.5. The van der Waals surface area contributed by atoms with E-state index in [-0.39, 0.29) is 5.91 Å². The Labute approximate surface area is 133 Å². The van der Waals surface area contributed by atoms with Crippen molar-refractivity contribution >= 4 is 28.3 Å². The fourth-order valence-electron chi connectivity index (χ4n) is 2.31. The maximum Gasteiger partial charge on any atom is 0.253 e. The molecule has 4 nitrogen and oxygen atoms in total. The first-order valence-corrected chi connectivity index (χ1v) is 8.00. The van der Waals surface area contributed by atoms with Gasteiger partial charge in [0.1, 0.15) is 0 Å². The Morgan fingerprint density at radius 3 is 2.55 bits per heavy atom. The molecule has 5 heteroatoms. The molecule has 112 valence electrons. The molecular weight excluding hydrogens is 294 g/mol. The summed E-state index contributed by atoms with van der Waals surface area (Å²) in [5.74, 6) is -0.00636. The van der Waals surface area contributed by atoms with Gasteiger partial charge in [-0.05, 0) is 54.4 Å². The van der Waals surface area contributed by atoms with Crippen LogP contribution in [0.2, 0.25) is 0 Å². The molecule has 22 heavy (non-hydrogen) atoms. The summed E-state index contributed by atoms with van der Waals surface area (Å²) < 4.78 is 0. The number of thiophene rings is 1. The van der Waals surface area contributed by atoms with Gasteiger partial charge in [0.25, 0.3) is 5.91 Å². The van der Waals surface area contributed by atoms with E-state index < -0.39 is 0 Å². The van der Waals surface area contributed by atoms with Crippen LogP contribution in [-0.4, -0.2) is 27.8 Å². The SMILES string of the molecule is Cc1nc2ccc(C(=O)N(C)Cc3ccsc3)cc2nc1C. The van der Waals surface area contributed by atoms with Gasteiger partial charge in [0.05, 0.1) is 22.4 Å². The number of nitrogens with zero attached hydrogens (tertiary/aromatic N) is 3. The summed E-state index contributed by atoms with van der Waals surface area (Å²) in [4.78, 5) is 23.3. The average Bonchev–Trinajstić information content (AvgIpc) is 3.00. The third kappa shape index (κ3) is 2.85. The third-order valence-electron chi connectivity index (χ3n) is 3.67. The first kappa shape index (κ1) is 14.7. The molecule has 0 atom stereocenters. The number of hydrogen-bond donors (Lipinski definition) is 0. The molecule has 1 aromatic carbocycles. The van der Waals surface area contributed by atoms with Crippen LogP contribution in [0.4, 0.5) is 0 Å². The maximum atomic E-state index is 12.5. The third-order valence-corrected chi connectivity index (χ3v) is 4.40.